The number of hydrogen-bond acceptors (Lipinski definition) is 3. The van der Waals surface area contributed by atoms with Crippen LogP contribution in [-0.4, -0.2) is 9.97 Å². The highest BCUT2D eigenvalue weighted by atomic mass is 19.1. The van der Waals surface area contributed by atoms with Crippen molar-refractivity contribution in [2.24, 2.45) is 5.92 Å². The molecule has 0 aliphatic carbocycles. The summed E-state index contributed by atoms with van der Waals surface area (Å²) < 4.78 is 18.4. The van der Waals surface area contributed by atoms with E-state index in [1.54, 1.807) is 18.6 Å². The first-order valence-electron chi connectivity index (χ1n) is 5.63. The molecule has 0 aliphatic rings. The van der Waals surface area contributed by atoms with Crippen LogP contribution in [0.4, 0.5) is 4.39 Å². The second-order valence-electron chi connectivity index (χ2n) is 4.12. The van der Waals surface area contributed by atoms with Gasteiger partial charge in [0.05, 0.1) is 11.9 Å². The standard InChI is InChI=1S/C14H17FN2O/c1-10(2)12(4)14(7-11(3)15)18-9-13-8-16-5-6-17-13/h5-8,10H,3-4,9H2,1-2H3/b14-7+. The van der Waals surface area contributed by atoms with E-state index in [2.05, 4.69) is 23.1 Å². The van der Waals surface area contributed by atoms with Crippen LogP contribution in [0.2, 0.25) is 0 Å². The molecule has 1 rings (SSSR count). The van der Waals surface area contributed by atoms with Gasteiger partial charge in [0.25, 0.3) is 0 Å². The third kappa shape index (κ3) is 4.49. The van der Waals surface area contributed by atoms with Crippen LogP contribution in [0.25, 0.3) is 0 Å². The second-order valence-corrected chi connectivity index (χ2v) is 4.12. The first kappa shape index (κ1) is 14.1. The predicted octanol–water partition coefficient (Wildman–Crippen LogP) is 3.57. The quantitative estimate of drug-likeness (QED) is 0.570. The summed E-state index contributed by atoms with van der Waals surface area (Å²) in [6.45, 7) is 11.2. The van der Waals surface area contributed by atoms with Crippen LogP contribution >= 0.6 is 0 Å². The van der Waals surface area contributed by atoms with Crippen LogP contribution in [0.3, 0.4) is 0 Å². The van der Waals surface area contributed by atoms with Crippen molar-refractivity contribution in [3.8, 4) is 0 Å². The van der Waals surface area contributed by atoms with Gasteiger partial charge >= 0.3 is 0 Å². The third-order valence-corrected chi connectivity index (χ3v) is 2.29. The van der Waals surface area contributed by atoms with E-state index in [0.717, 1.165) is 5.57 Å². The molecular formula is C14H17FN2O. The van der Waals surface area contributed by atoms with Crippen molar-refractivity contribution in [3.05, 3.63) is 60.7 Å². The van der Waals surface area contributed by atoms with Gasteiger partial charge in [0, 0.05) is 18.5 Å². The molecule has 18 heavy (non-hydrogen) atoms. The van der Waals surface area contributed by atoms with Crippen LogP contribution in [0.15, 0.2) is 55.0 Å². The molecule has 1 heterocycles. The van der Waals surface area contributed by atoms with Crippen molar-refractivity contribution in [2.45, 2.75) is 20.5 Å². The van der Waals surface area contributed by atoms with Crippen LogP contribution in [-0.2, 0) is 11.3 Å². The Morgan fingerprint density at radius 2 is 2.17 bits per heavy atom. The largest absolute Gasteiger partial charge is 0.487 e. The fraction of sp³-hybridized carbons (Fsp3) is 0.286. The summed E-state index contributed by atoms with van der Waals surface area (Å²) in [6, 6.07) is 0. The average molecular weight is 248 g/mol. The molecule has 0 N–H and O–H groups in total. The lowest BCUT2D eigenvalue weighted by Gasteiger charge is -2.15. The van der Waals surface area contributed by atoms with Gasteiger partial charge in [0.2, 0.25) is 0 Å². The molecule has 0 saturated heterocycles. The molecule has 0 aliphatic heterocycles. The number of allylic oxidation sites excluding steroid dienone is 3. The maximum Gasteiger partial charge on any atom is 0.132 e. The molecule has 0 fully saturated rings. The number of nitrogens with zero attached hydrogens (tertiary/aromatic N) is 2. The highest BCUT2D eigenvalue weighted by Crippen LogP contribution is 2.21. The molecule has 0 aromatic carbocycles. The number of hydrogen-bond donors (Lipinski definition) is 0. The van der Waals surface area contributed by atoms with Gasteiger partial charge in [-0.05, 0) is 11.5 Å². The molecule has 0 radical (unpaired) electrons. The zero-order chi connectivity index (χ0) is 13.5. The van der Waals surface area contributed by atoms with E-state index in [1.807, 2.05) is 13.8 Å². The Morgan fingerprint density at radius 1 is 1.44 bits per heavy atom. The van der Waals surface area contributed by atoms with Crippen molar-refractivity contribution in [2.75, 3.05) is 0 Å². The second kappa shape index (κ2) is 6.69. The monoisotopic (exact) mass is 248 g/mol. The minimum Gasteiger partial charge on any atom is -0.487 e. The highest BCUT2D eigenvalue weighted by molar-refractivity contribution is 5.29. The minimum atomic E-state index is -0.564. The predicted molar refractivity (Wildman–Crippen MR) is 69.1 cm³/mol. The van der Waals surface area contributed by atoms with E-state index < -0.39 is 5.83 Å². The normalized spacial score (nSPS) is 11.4. The number of ether oxygens (including phenoxy) is 1. The zero-order valence-corrected chi connectivity index (χ0v) is 10.7. The lowest BCUT2D eigenvalue weighted by Crippen LogP contribution is -2.03. The molecule has 0 saturated carbocycles. The molecule has 3 nitrogen and oxygen atoms in total. The molecule has 96 valence electrons. The Bertz CT molecular complexity index is 452. The third-order valence-electron chi connectivity index (χ3n) is 2.29. The van der Waals surface area contributed by atoms with E-state index in [-0.39, 0.29) is 12.5 Å². The van der Waals surface area contributed by atoms with Gasteiger partial charge in [-0.2, -0.15) is 0 Å². The smallest absolute Gasteiger partial charge is 0.132 e. The SMILES string of the molecule is C=C(F)/C=C(/OCc1cnccn1)C(=C)C(C)C. The fourth-order valence-corrected chi connectivity index (χ4v) is 1.21. The van der Waals surface area contributed by atoms with Crippen molar-refractivity contribution in [1.82, 2.24) is 9.97 Å². The van der Waals surface area contributed by atoms with E-state index in [9.17, 15) is 4.39 Å². The van der Waals surface area contributed by atoms with Crippen molar-refractivity contribution >= 4 is 0 Å². The molecule has 0 atom stereocenters. The summed E-state index contributed by atoms with van der Waals surface area (Å²) >= 11 is 0. The van der Waals surface area contributed by atoms with Crippen LogP contribution in [0, 0.1) is 5.92 Å². The van der Waals surface area contributed by atoms with Gasteiger partial charge in [-0.1, -0.05) is 27.0 Å². The topological polar surface area (TPSA) is 35.0 Å². The van der Waals surface area contributed by atoms with Crippen LogP contribution in [0.5, 0.6) is 0 Å². The Kier molecular flexibility index (Phi) is 5.24. The van der Waals surface area contributed by atoms with Gasteiger partial charge in [-0.3, -0.25) is 9.97 Å². The first-order chi connectivity index (χ1) is 8.50. The number of aromatic nitrogens is 2. The summed E-state index contributed by atoms with van der Waals surface area (Å²) in [7, 11) is 0. The fourth-order valence-electron chi connectivity index (χ4n) is 1.21. The van der Waals surface area contributed by atoms with E-state index in [1.165, 1.54) is 6.08 Å². The van der Waals surface area contributed by atoms with Crippen molar-refractivity contribution < 1.29 is 9.13 Å². The summed E-state index contributed by atoms with van der Waals surface area (Å²) in [5, 5.41) is 0. The number of halogens is 1. The maximum absolute atomic E-state index is 12.9. The molecule has 1 aromatic heterocycles. The highest BCUT2D eigenvalue weighted by Gasteiger charge is 2.10. The summed E-state index contributed by atoms with van der Waals surface area (Å²) in [6.07, 6.45) is 5.99. The zero-order valence-electron chi connectivity index (χ0n) is 10.7. The lowest BCUT2D eigenvalue weighted by molar-refractivity contribution is 0.198. The molecule has 0 spiro atoms. The van der Waals surface area contributed by atoms with E-state index in [4.69, 9.17) is 4.74 Å². The molecule has 4 heteroatoms. The average Bonchev–Trinajstić information content (AvgIpc) is 2.34. The molecule has 1 aromatic rings. The van der Waals surface area contributed by atoms with Crippen LogP contribution in [0.1, 0.15) is 19.5 Å². The molecule has 0 amide bonds. The van der Waals surface area contributed by atoms with Gasteiger partial charge < -0.3 is 4.74 Å². The van der Waals surface area contributed by atoms with Crippen molar-refractivity contribution in [1.29, 1.82) is 0 Å². The summed E-state index contributed by atoms with van der Waals surface area (Å²) in [5.74, 6) is -0.00782. The Labute approximate surface area is 107 Å². The summed E-state index contributed by atoms with van der Waals surface area (Å²) in [4.78, 5) is 8.00. The molecule has 0 bridgehead atoms. The van der Waals surface area contributed by atoms with Crippen LogP contribution < -0.4 is 0 Å². The Balaban J connectivity index is 2.75. The lowest BCUT2D eigenvalue weighted by atomic mass is 10.0. The maximum atomic E-state index is 12.9. The molecular weight excluding hydrogens is 231 g/mol. The van der Waals surface area contributed by atoms with Gasteiger partial charge in [0.15, 0.2) is 0 Å². The van der Waals surface area contributed by atoms with Gasteiger partial charge in [-0.15, -0.1) is 0 Å². The summed E-state index contributed by atoms with van der Waals surface area (Å²) in [5.41, 5.74) is 1.39. The minimum absolute atomic E-state index is 0.164. The first-order valence-corrected chi connectivity index (χ1v) is 5.63. The Hall–Kier alpha value is -1.97. The van der Waals surface area contributed by atoms with Crippen molar-refractivity contribution in [3.63, 3.8) is 0 Å². The van der Waals surface area contributed by atoms with E-state index >= 15 is 0 Å². The van der Waals surface area contributed by atoms with Gasteiger partial charge in [0.1, 0.15) is 18.2 Å². The van der Waals surface area contributed by atoms with Gasteiger partial charge in [-0.25, -0.2) is 4.39 Å². The number of rotatable bonds is 6. The molecule has 0 unspecified atom stereocenters. The van der Waals surface area contributed by atoms with E-state index in [0.29, 0.717) is 11.5 Å². The Morgan fingerprint density at radius 3 is 2.67 bits per heavy atom.